The minimum atomic E-state index is -3.48. The first-order chi connectivity index (χ1) is 22.7. The highest BCUT2D eigenvalue weighted by Crippen LogP contribution is 2.44. The maximum atomic E-state index is 14.5. The molecular formula is C37H62N4O7S. The highest BCUT2D eigenvalue weighted by Gasteiger charge is 2.52. The van der Waals surface area contributed by atoms with Gasteiger partial charge in [0.1, 0.15) is 6.04 Å². The number of nitrogens with zero attached hydrogens (tertiary/aromatic N) is 2. The molecular weight excluding hydrogens is 644 g/mol. The average molecular weight is 707 g/mol. The summed E-state index contributed by atoms with van der Waals surface area (Å²) in [6.45, 7) is 13.4. The van der Waals surface area contributed by atoms with Crippen molar-refractivity contribution in [1.82, 2.24) is 19.8 Å². The molecule has 49 heavy (non-hydrogen) atoms. The Labute approximate surface area is 294 Å². The lowest BCUT2D eigenvalue weighted by atomic mass is 9.75. The van der Waals surface area contributed by atoms with Gasteiger partial charge in [0.15, 0.2) is 11.6 Å². The van der Waals surface area contributed by atoms with Crippen LogP contribution in [-0.4, -0.2) is 90.9 Å². The van der Waals surface area contributed by atoms with Crippen molar-refractivity contribution in [3.63, 3.8) is 0 Å². The number of likely N-dealkylation sites (tertiary alicyclic amines) is 1. The molecule has 3 aliphatic carbocycles. The van der Waals surface area contributed by atoms with Gasteiger partial charge in [0.2, 0.25) is 21.7 Å². The van der Waals surface area contributed by atoms with Gasteiger partial charge in [0.05, 0.1) is 11.8 Å². The van der Waals surface area contributed by atoms with Crippen LogP contribution in [0.3, 0.4) is 0 Å². The fourth-order valence-electron chi connectivity index (χ4n) is 7.91. The van der Waals surface area contributed by atoms with Gasteiger partial charge in [0.25, 0.3) is 0 Å². The molecule has 3 saturated carbocycles. The third-order valence-corrected chi connectivity index (χ3v) is 13.5. The maximum absolute atomic E-state index is 14.5. The van der Waals surface area contributed by atoms with E-state index < -0.39 is 56.7 Å². The zero-order chi connectivity index (χ0) is 36.5. The second kappa shape index (κ2) is 15.5. The number of Topliss-reactive ketones (excluding diaryl/α,β-unsaturated/α-hetero) is 3. The molecule has 4 aliphatic rings. The highest BCUT2D eigenvalue weighted by molar-refractivity contribution is 7.89. The van der Waals surface area contributed by atoms with Gasteiger partial charge in [-0.1, -0.05) is 67.2 Å². The predicted octanol–water partition coefficient (Wildman–Crippen LogP) is 4.73. The summed E-state index contributed by atoms with van der Waals surface area (Å²) in [6, 6.07) is -2.80. The molecule has 4 fully saturated rings. The van der Waals surface area contributed by atoms with E-state index in [9.17, 15) is 32.4 Å². The Balaban J connectivity index is 1.53. The van der Waals surface area contributed by atoms with Crippen molar-refractivity contribution < 1.29 is 32.4 Å². The molecule has 1 heterocycles. The Hall–Kier alpha value is -2.34. The Morgan fingerprint density at radius 1 is 0.857 bits per heavy atom. The van der Waals surface area contributed by atoms with E-state index in [1.807, 2.05) is 41.5 Å². The Morgan fingerprint density at radius 2 is 1.49 bits per heavy atom. The topological polar surface area (TPSA) is 150 Å². The number of amides is 3. The molecule has 12 heteroatoms. The molecule has 0 bridgehead atoms. The van der Waals surface area contributed by atoms with E-state index in [2.05, 4.69) is 10.6 Å². The SMILES string of the molecule is CCS(=O)(=O)N(C)C[C@@H](NC(=O)N[C@H](C(=O)N1C[C@@H]2CCC[C@@H]2[C@H]1C(=O)CC(CC1CCC1)C(=O)C(=O)CC1CC1)C(C)(C)C)C(C)(C)C. The molecule has 0 aromatic carbocycles. The summed E-state index contributed by atoms with van der Waals surface area (Å²) in [5, 5.41) is 5.85. The number of fused-ring (bicyclic) bond motifs is 1. The van der Waals surface area contributed by atoms with Crippen molar-refractivity contribution in [2.75, 3.05) is 25.9 Å². The molecule has 1 unspecified atom stereocenters. The largest absolute Gasteiger partial charge is 0.334 e. The van der Waals surface area contributed by atoms with Crippen LogP contribution in [0.1, 0.15) is 119 Å². The molecule has 2 N–H and O–H groups in total. The molecule has 0 radical (unpaired) electrons. The number of carbonyl (C=O) groups is 5. The lowest BCUT2D eigenvalue weighted by Gasteiger charge is -2.38. The van der Waals surface area contributed by atoms with Gasteiger partial charge < -0.3 is 15.5 Å². The Bertz CT molecular complexity index is 1360. The second-order valence-electron chi connectivity index (χ2n) is 17.6. The van der Waals surface area contributed by atoms with E-state index in [1.54, 1.807) is 11.8 Å². The van der Waals surface area contributed by atoms with E-state index in [4.69, 9.17) is 0 Å². The molecule has 278 valence electrons. The van der Waals surface area contributed by atoms with Crippen LogP contribution in [0.15, 0.2) is 0 Å². The van der Waals surface area contributed by atoms with Crippen LogP contribution in [0.4, 0.5) is 4.79 Å². The van der Waals surface area contributed by atoms with Crippen LogP contribution >= 0.6 is 0 Å². The lowest BCUT2D eigenvalue weighted by molar-refractivity contribution is -0.144. The van der Waals surface area contributed by atoms with Gasteiger partial charge in [0, 0.05) is 44.9 Å². The number of nitrogens with one attached hydrogen (secondary N) is 2. The molecule has 1 aliphatic heterocycles. The summed E-state index contributed by atoms with van der Waals surface area (Å²) in [4.78, 5) is 70.5. The number of sulfonamides is 1. The van der Waals surface area contributed by atoms with Crippen LogP contribution in [0, 0.1) is 40.4 Å². The molecule has 1 saturated heterocycles. The van der Waals surface area contributed by atoms with Crippen molar-refractivity contribution >= 4 is 39.3 Å². The van der Waals surface area contributed by atoms with E-state index in [0.29, 0.717) is 24.8 Å². The summed E-state index contributed by atoms with van der Waals surface area (Å²) in [7, 11) is -1.99. The number of likely N-dealkylation sites (N-methyl/N-ethyl adjacent to an activating group) is 1. The number of rotatable bonds is 16. The minimum absolute atomic E-state index is 0.00571. The first-order valence-electron chi connectivity index (χ1n) is 18.6. The van der Waals surface area contributed by atoms with Gasteiger partial charge in [-0.05, 0) is 73.5 Å². The zero-order valence-corrected chi connectivity index (χ0v) is 32.0. The normalized spacial score (nSPS) is 24.9. The summed E-state index contributed by atoms with van der Waals surface area (Å²) in [5.74, 6) is -1.14. The van der Waals surface area contributed by atoms with Crippen LogP contribution in [-0.2, 0) is 29.2 Å². The molecule has 4 rings (SSSR count). The summed E-state index contributed by atoms with van der Waals surface area (Å²) < 4.78 is 26.2. The zero-order valence-electron chi connectivity index (χ0n) is 31.2. The average Bonchev–Trinajstić information content (AvgIpc) is 3.55. The smallest absolute Gasteiger partial charge is 0.315 e. The van der Waals surface area contributed by atoms with Gasteiger partial charge >= 0.3 is 6.03 Å². The van der Waals surface area contributed by atoms with E-state index in [-0.39, 0.29) is 54.4 Å². The summed E-state index contributed by atoms with van der Waals surface area (Å²) in [6.07, 6.45) is 8.58. The lowest BCUT2D eigenvalue weighted by Crippen LogP contribution is -2.61. The number of hydrogen-bond acceptors (Lipinski definition) is 7. The van der Waals surface area contributed by atoms with Crippen molar-refractivity contribution in [2.45, 2.75) is 137 Å². The van der Waals surface area contributed by atoms with Crippen LogP contribution in [0.2, 0.25) is 0 Å². The van der Waals surface area contributed by atoms with Gasteiger partial charge in [-0.2, -0.15) is 0 Å². The standard InChI is InChI=1S/C37H62N4O7S/c1-9-49(47,48)40(8)22-30(36(2,3)4)38-35(46)39-33(37(5,6)7)34(45)41-21-25-14-11-15-27(25)31(41)28(42)20-26(18-23-12-10-13-23)32(44)29(43)19-24-16-17-24/h23-27,30-31,33H,9-22H2,1-8H3,(H2,38,39,46)/t25-,26?,27-,30+,31-,33+/m0/s1. The molecule has 6 atom stereocenters. The molecule has 11 nitrogen and oxygen atoms in total. The number of carbonyl (C=O) groups excluding carboxylic acids is 5. The maximum Gasteiger partial charge on any atom is 0.315 e. The summed E-state index contributed by atoms with van der Waals surface area (Å²) in [5.41, 5.74) is -1.20. The van der Waals surface area contributed by atoms with E-state index in [1.165, 1.54) is 11.4 Å². The molecule has 0 aromatic heterocycles. The molecule has 0 aromatic rings. The fraction of sp³-hybridized carbons (Fsp3) is 0.865. The van der Waals surface area contributed by atoms with E-state index >= 15 is 0 Å². The predicted molar refractivity (Wildman–Crippen MR) is 189 cm³/mol. The number of urea groups is 1. The third-order valence-electron chi connectivity index (χ3n) is 11.6. The van der Waals surface area contributed by atoms with Crippen molar-refractivity contribution in [1.29, 1.82) is 0 Å². The van der Waals surface area contributed by atoms with E-state index in [0.717, 1.165) is 51.4 Å². The van der Waals surface area contributed by atoms with Crippen LogP contribution in [0.5, 0.6) is 0 Å². The first kappa shape index (κ1) is 39.4. The van der Waals surface area contributed by atoms with Gasteiger partial charge in [-0.15, -0.1) is 0 Å². The third kappa shape index (κ3) is 9.92. The monoisotopic (exact) mass is 706 g/mol. The summed E-state index contributed by atoms with van der Waals surface area (Å²) >= 11 is 0. The number of ketones is 3. The highest BCUT2D eigenvalue weighted by atomic mass is 32.2. The Kier molecular flexibility index (Phi) is 12.5. The first-order valence-corrected chi connectivity index (χ1v) is 20.2. The van der Waals surface area contributed by atoms with Gasteiger partial charge in [-0.3, -0.25) is 19.2 Å². The van der Waals surface area contributed by atoms with Gasteiger partial charge in [-0.25, -0.2) is 17.5 Å². The van der Waals surface area contributed by atoms with Crippen LogP contribution < -0.4 is 10.6 Å². The second-order valence-corrected chi connectivity index (χ2v) is 20.0. The Morgan fingerprint density at radius 3 is 2.02 bits per heavy atom. The quantitative estimate of drug-likeness (QED) is 0.221. The molecule has 3 amide bonds. The fourth-order valence-corrected chi connectivity index (χ4v) is 8.72. The molecule has 0 spiro atoms. The van der Waals surface area contributed by atoms with Crippen molar-refractivity contribution in [3.05, 3.63) is 0 Å². The van der Waals surface area contributed by atoms with Crippen molar-refractivity contribution in [2.24, 2.45) is 40.4 Å². The number of hydrogen-bond donors (Lipinski definition) is 2. The van der Waals surface area contributed by atoms with Crippen LogP contribution in [0.25, 0.3) is 0 Å². The minimum Gasteiger partial charge on any atom is -0.334 e. The van der Waals surface area contributed by atoms with Crippen molar-refractivity contribution in [3.8, 4) is 0 Å².